The molecule has 138 valence electrons. The van der Waals surface area contributed by atoms with E-state index in [2.05, 4.69) is 15.6 Å². The molecule has 0 aliphatic carbocycles. The number of ether oxygens (including phenoxy) is 1. The van der Waals surface area contributed by atoms with Gasteiger partial charge in [0.1, 0.15) is 11.7 Å². The predicted octanol–water partition coefficient (Wildman–Crippen LogP) is 4.19. The number of rotatable bonds is 4. The second-order valence-electron chi connectivity index (χ2n) is 6.24. The minimum atomic E-state index is -0.275. The molecule has 1 amide bonds. The highest BCUT2D eigenvalue weighted by Crippen LogP contribution is 2.40. The van der Waals surface area contributed by atoms with E-state index in [-0.39, 0.29) is 16.7 Å². The van der Waals surface area contributed by atoms with E-state index in [1.54, 1.807) is 36.0 Å². The third kappa shape index (κ3) is 3.97. The number of hydrogen-bond donors (Lipinski definition) is 3. The van der Waals surface area contributed by atoms with Crippen molar-refractivity contribution in [3.05, 3.63) is 39.0 Å². The smallest absolute Gasteiger partial charge is 0.266 e. The molecule has 26 heavy (non-hydrogen) atoms. The summed E-state index contributed by atoms with van der Waals surface area (Å²) in [6.07, 6.45) is 0. The highest BCUT2D eigenvalue weighted by atomic mass is 35.5. The van der Waals surface area contributed by atoms with E-state index in [0.717, 1.165) is 10.6 Å². The molecule has 0 saturated carbocycles. The first-order valence-corrected chi connectivity index (χ1v) is 10.1. The maximum absolute atomic E-state index is 12.5. The Balaban J connectivity index is 1.75. The molecule has 9 heteroatoms. The molecule has 1 fully saturated rings. The fraction of sp³-hybridized carbons (Fsp3) is 0.353. The van der Waals surface area contributed by atoms with Gasteiger partial charge in [-0.25, -0.2) is 0 Å². The molecule has 1 saturated heterocycles. The van der Waals surface area contributed by atoms with Gasteiger partial charge in [-0.1, -0.05) is 17.7 Å². The average molecular weight is 411 g/mol. The molecule has 0 aromatic carbocycles. The number of hydrogen-bond acceptors (Lipinski definition) is 6. The SMILES string of the molecule is COc1cccc(NC(=O)c2cc(Cl)c(C3CSC(C)(C)C(=N)N3)s2)n1. The van der Waals surface area contributed by atoms with Crippen LogP contribution in [-0.2, 0) is 0 Å². The van der Waals surface area contributed by atoms with Crippen molar-refractivity contribution < 1.29 is 9.53 Å². The number of carbonyl (C=O) groups excluding carboxylic acids is 1. The molecular weight excluding hydrogens is 392 g/mol. The molecule has 6 nitrogen and oxygen atoms in total. The highest BCUT2D eigenvalue weighted by molar-refractivity contribution is 8.01. The number of nitrogens with one attached hydrogen (secondary N) is 3. The number of thiophene rings is 1. The highest BCUT2D eigenvalue weighted by Gasteiger charge is 2.34. The zero-order chi connectivity index (χ0) is 18.9. The molecule has 1 unspecified atom stereocenters. The number of aromatic nitrogens is 1. The van der Waals surface area contributed by atoms with Gasteiger partial charge in [0.05, 0.1) is 27.8 Å². The Bertz CT molecular complexity index is 853. The van der Waals surface area contributed by atoms with Crippen LogP contribution in [0.3, 0.4) is 0 Å². The molecule has 0 bridgehead atoms. The Kier molecular flexibility index (Phi) is 5.45. The molecule has 3 heterocycles. The van der Waals surface area contributed by atoms with Crippen molar-refractivity contribution in [3.8, 4) is 5.88 Å². The summed E-state index contributed by atoms with van der Waals surface area (Å²) in [7, 11) is 1.52. The number of halogens is 1. The van der Waals surface area contributed by atoms with Gasteiger partial charge in [0.15, 0.2) is 0 Å². The molecule has 2 aromatic heterocycles. The lowest BCUT2D eigenvalue weighted by atomic mass is 10.1. The Hall–Kier alpha value is -1.77. The molecular formula is C17H19ClN4O2S2. The van der Waals surface area contributed by atoms with Crippen molar-refractivity contribution in [2.75, 3.05) is 18.2 Å². The first-order valence-electron chi connectivity index (χ1n) is 7.91. The average Bonchev–Trinajstić information content (AvgIpc) is 2.99. The quantitative estimate of drug-likeness (QED) is 0.703. The van der Waals surface area contributed by atoms with E-state index in [9.17, 15) is 4.79 Å². The van der Waals surface area contributed by atoms with Gasteiger partial charge in [-0.15, -0.1) is 23.1 Å². The van der Waals surface area contributed by atoms with Gasteiger partial charge in [0.25, 0.3) is 5.91 Å². The normalized spacial score (nSPS) is 18.9. The van der Waals surface area contributed by atoms with Crippen molar-refractivity contribution in [1.82, 2.24) is 10.3 Å². The minimum absolute atomic E-state index is 0.0745. The summed E-state index contributed by atoms with van der Waals surface area (Å²) < 4.78 is 4.82. The lowest BCUT2D eigenvalue weighted by Gasteiger charge is -2.35. The maximum atomic E-state index is 12.5. The number of amidine groups is 1. The third-order valence-electron chi connectivity index (χ3n) is 3.96. The zero-order valence-corrected chi connectivity index (χ0v) is 16.9. The largest absolute Gasteiger partial charge is 0.481 e. The van der Waals surface area contributed by atoms with E-state index in [1.807, 2.05) is 13.8 Å². The number of methoxy groups -OCH3 is 1. The second kappa shape index (κ2) is 7.46. The van der Waals surface area contributed by atoms with E-state index in [0.29, 0.717) is 27.4 Å². The van der Waals surface area contributed by atoms with Crippen molar-refractivity contribution in [3.63, 3.8) is 0 Å². The Morgan fingerprint density at radius 2 is 2.27 bits per heavy atom. The van der Waals surface area contributed by atoms with Crippen LogP contribution in [0.4, 0.5) is 5.82 Å². The van der Waals surface area contributed by atoms with Crippen molar-refractivity contribution in [1.29, 1.82) is 5.41 Å². The van der Waals surface area contributed by atoms with Crippen LogP contribution >= 0.6 is 34.7 Å². The summed E-state index contributed by atoms with van der Waals surface area (Å²) in [6, 6.07) is 6.74. The summed E-state index contributed by atoms with van der Waals surface area (Å²) in [5.74, 6) is 1.82. The molecule has 2 aromatic rings. The van der Waals surface area contributed by atoms with Gasteiger partial charge in [-0.3, -0.25) is 10.2 Å². The predicted molar refractivity (Wildman–Crippen MR) is 108 cm³/mol. The van der Waals surface area contributed by atoms with Crippen LogP contribution < -0.4 is 15.4 Å². The number of pyridine rings is 1. The fourth-order valence-corrected chi connectivity index (χ4v) is 4.96. The van der Waals surface area contributed by atoms with E-state index in [4.69, 9.17) is 21.7 Å². The molecule has 3 rings (SSSR count). The Labute approximate surface area is 165 Å². The summed E-state index contributed by atoms with van der Waals surface area (Å²) >= 11 is 9.40. The van der Waals surface area contributed by atoms with Crippen LogP contribution in [0.5, 0.6) is 5.88 Å². The number of nitrogens with zero attached hydrogens (tertiary/aromatic N) is 1. The first-order chi connectivity index (χ1) is 12.3. The molecule has 1 atom stereocenters. The van der Waals surface area contributed by atoms with Gasteiger partial charge in [-0.2, -0.15) is 4.98 Å². The lowest BCUT2D eigenvalue weighted by Crippen LogP contribution is -2.46. The maximum Gasteiger partial charge on any atom is 0.266 e. The van der Waals surface area contributed by atoms with Crippen LogP contribution in [-0.4, -0.2) is 34.3 Å². The number of amides is 1. The summed E-state index contributed by atoms with van der Waals surface area (Å²) in [5, 5.41) is 14.6. The Morgan fingerprint density at radius 1 is 1.50 bits per heavy atom. The van der Waals surface area contributed by atoms with Crippen LogP contribution in [0.25, 0.3) is 0 Å². The van der Waals surface area contributed by atoms with Crippen molar-refractivity contribution in [2.45, 2.75) is 24.6 Å². The molecule has 0 spiro atoms. The van der Waals surface area contributed by atoms with Gasteiger partial charge in [0, 0.05) is 16.7 Å². The number of thioether (sulfide) groups is 1. The van der Waals surface area contributed by atoms with Crippen LogP contribution in [0.2, 0.25) is 5.02 Å². The van der Waals surface area contributed by atoms with Gasteiger partial charge in [0.2, 0.25) is 5.88 Å². The number of anilines is 1. The first kappa shape index (κ1) is 19.0. The van der Waals surface area contributed by atoms with E-state index in [1.165, 1.54) is 18.4 Å². The zero-order valence-electron chi connectivity index (χ0n) is 14.6. The summed E-state index contributed by atoms with van der Waals surface area (Å²) in [4.78, 5) is 18.1. The van der Waals surface area contributed by atoms with Crippen molar-refractivity contribution in [2.24, 2.45) is 0 Å². The molecule has 3 N–H and O–H groups in total. The lowest BCUT2D eigenvalue weighted by molar-refractivity contribution is 0.103. The summed E-state index contributed by atoms with van der Waals surface area (Å²) in [6.45, 7) is 4.03. The van der Waals surface area contributed by atoms with Gasteiger partial charge < -0.3 is 15.4 Å². The third-order valence-corrected chi connectivity index (χ3v) is 7.06. The minimum Gasteiger partial charge on any atom is -0.481 e. The van der Waals surface area contributed by atoms with Gasteiger partial charge in [-0.05, 0) is 26.0 Å². The topological polar surface area (TPSA) is 87.1 Å². The monoisotopic (exact) mass is 410 g/mol. The van der Waals surface area contributed by atoms with E-state index >= 15 is 0 Å². The molecule has 0 radical (unpaired) electrons. The van der Waals surface area contributed by atoms with Crippen LogP contribution in [0, 0.1) is 5.41 Å². The molecule has 1 aliphatic rings. The van der Waals surface area contributed by atoms with E-state index < -0.39 is 0 Å². The fourth-order valence-electron chi connectivity index (χ4n) is 2.40. The van der Waals surface area contributed by atoms with Crippen molar-refractivity contribution >= 4 is 52.3 Å². The van der Waals surface area contributed by atoms with Crippen LogP contribution in [0.15, 0.2) is 24.3 Å². The standard InChI is InChI=1S/C17H19ClN4O2S2/c1-17(2)16(19)20-10(8-25-17)14-9(18)7-11(26-14)15(23)22-12-5-4-6-13(21-12)24-3/h4-7,10H,8H2,1-3H3,(H2,19,20)(H,21,22,23). The van der Waals surface area contributed by atoms with Crippen LogP contribution in [0.1, 0.15) is 34.4 Å². The molecule has 1 aliphatic heterocycles. The number of carbonyl (C=O) groups is 1. The second-order valence-corrected chi connectivity index (χ2v) is 9.37. The summed E-state index contributed by atoms with van der Waals surface area (Å²) in [5.41, 5.74) is 0. The Morgan fingerprint density at radius 3 is 2.96 bits per heavy atom. The van der Waals surface area contributed by atoms with Gasteiger partial charge >= 0.3 is 0 Å².